The van der Waals surface area contributed by atoms with Crippen LogP contribution < -0.4 is 10.4 Å². The highest BCUT2D eigenvalue weighted by Crippen LogP contribution is 2.29. The number of aliphatic hydroxyl groups excluding tert-OH is 1. The van der Waals surface area contributed by atoms with Gasteiger partial charge in [-0.2, -0.15) is 13.2 Å². The first kappa shape index (κ1) is 22.9. The summed E-state index contributed by atoms with van der Waals surface area (Å²) in [6.07, 6.45) is -3.83. The van der Waals surface area contributed by atoms with Gasteiger partial charge in [-0.15, -0.1) is 0 Å². The van der Waals surface area contributed by atoms with Crippen molar-refractivity contribution in [3.8, 4) is 16.9 Å². The van der Waals surface area contributed by atoms with Gasteiger partial charge in [-0.25, -0.2) is 4.79 Å². The molecule has 4 nitrogen and oxygen atoms in total. The van der Waals surface area contributed by atoms with Crippen molar-refractivity contribution in [3.05, 3.63) is 64.0 Å². The third-order valence-electron chi connectivity index (χ3n) is 5.22. The van der Waals surface area contributed by atoms with E-state index in [2.05, 4.69) is 13.0 Å². The number of hydrogen-bond acceptors (Lipinski definition) is 4. The zero-order valence-electron chi connectivity index (χ0n) is 17.5. The van der Waals surface area contributed by atoms with Gasteiger partial charge >= 0.3 is 11.8 Å². The molecule has 1 unspecified atom stereocenters. The van der Waals surface area contributed by atoms with Gasteiger partial charge in [0.15, 0.2) is 0 Å². The molecule has 0 fully saturated rings. The maximum Gasteiger partial charge on any atom is 0.389 e. The molecule has 0 amide bonds. The van der Waals surface area contributed by atoms with E-state index in [9.17, 15) is 18.0 Å². The monoisotopic (exact) mass is 434 g/mol. The molecule has 0 aliphatic rings. The second-order valence-electron chi connectivity index (χ2n) is 7.52. The first-order valence-electron chi connectivity index (χ1n) is 10.2. The van der Waals surface area contributed by atoms with Crippen LogP contribution in [0.4, 0.5) is 13.2 Å². The predicted octanol–water partition coefficient (Wildman–Crippen LogP) is 5.52. The number of rotatable bonds is 8. The van der Waals surface area contributed by atoms with Crippen LogP contribution in [0.2, 0.25) is 0 Å². The number of ether oxygens (including phenoxy) is 1. The average molecular weight is 434 g/mol. The summed E-state index contributed by atoms with van der Waals surface area (Å²) in [5, 5.41) is 9.83. The van der Waals surface area contributed by atoms with E-state index in [1.807, 2.05) is 19.1 Å². The molecule has 0 saturated carbocycles. The molecule has 1 aromatic heterocycles. The second kappa shape index (κ2) is 9.56. The van der Waals surface area contributed by atoms with E-state index < -0.39 is 30.7 Å². The third-order valence-corrected chi connectivity index (χ3v) is 5.22. The van der Waals surface area contributed by atoms with Crippen LogP contribution in [0, 0.1) is 5.92 Å². The van der Waals surface area contributed by atoms with Crippen molar-refractivity contribution in [2.45, 2.75) is 39.3 Å². The molecule has 1 N–H and O–H groups in total. The average Bonchev–Trinajstić information content (AvgIpc) is 2.74. The molecule has 3 aromatic rings. The molecule has 0 radical (unpaired) electrons. The molecule has 1 heterocycles. The Morgan fingerprint density at radius 3 is 2.45 bits per heavy atom. The Hall–Kier alpha value is -2.80. The lowest BCUT2D eigenvalue weighted by atomic mass is 9.95. The van der Waals surface area contributed by atoms with Crippen LogP contribution in [-0.2, 0) is 12.8 Å². The summed E-state index contributed by atoms with van der Waals surface area (Å²) in [7, 11) is 0. The highest BCUT2D eigenvalue weighted by Gasteiger charge is 2.32. The number of benzene rings is 2. The van der Waals surface area contributed by atoms with Gasteiger partial charge < -0.3 is 14.3 Å². The van der Waals surface area contributed by atoms with Crippen molar-refractivity contribution >= 4 is 11.0 Å². The fraction of sp³-hybridized carbons (Fsp3) is 0.375. The summed E-state index contributed by atoms with van der Waals surface area (Å²) in [6.45, 7) is 3.17. The first-order valence-corrected chi connectivity index (χ1v) is 10.2. The maximum absolute atomic E-state index is 12.7. The smallest absolute Gasteiger partial charge is 0.389 e. The maximum atomic E-state index is 12.7. The summed E-state index contributed by atoms with van der Waals surface area (Å²) >= 11 is 0. The van der Waals surface area contributed by atoms with E-state index in [1.165, 1.54) is 11.6 Å². The third kappa shape index (κ3) is 5.67. The highest BCUT2D eigenvalue weighted by molar-refractivity contribution is 5.83. The van der Waals surface area contributed by atoms with E-state index >= 15 is 0 Å². The Kier molecular flexibility index (Phi) is 7.05. The predicted molar refractivity (Wildman–Crippen MR) is 113 cm³/mol. The van der Waals surface area contributed by atoms with Crippen LogP contribution in [-0.4, -0.2) is 24.5 Å². The van der Waals surface area contributed by atoms with Gasteiger partial charge in [0.05, 0.1) is 18.6 Å². The van der Waals surface area contributed by atoms with E-state index in [0.717, 1.165) is 24.0 Å². The zero-order chi connectivity index (χ0) is 22.6. The Balaban J connectivity index is 1.87. The van der Waals surface area contributed by atoms with Crippen LogP contribution in [0.5, 0.6) is 5.75 Å². The molecule has 7 heteroatoms. The van der Waals surface area contributed by atoms with Gasteiger partial charge in [0.2, 0.25) is 0 Å². The van der Waals surface area contributed by atoms with Gasteiger partial charge in [-0.1, -0.05) is 32.0 Å². The van der Waals surface area contributed by atoms with Gasteiger partial charge in [0.1, 0.15) is 11.3 Å². The molecule has 3 rings (SSSR count). The zero-order valence-corrected chi connectivity index (χ0v) is 17.5. The van der Waals surface area contributed by atoms with Crippen LogP contribution >= 0.6 is 0 Å². The number of halogens is 3. The summed E-state index contributed by atoms with van der Waals surface area (Å²) in [5.41, 5.74) is 3.34. The molecule has 2 aromatic carbocycles. The minimum absolute atomic E-state index is 0.269. The van der Waals surface area contributed by atoms with Gasteiger partial charge in [0.25, 0.3) is 0 Å². The van der Waals surface area contributed by atoms with Crippen LogP contribution in [0.15, 0.2) is 51.7 Å². The quantitative estimate of drug-likeness (QED) is 0.474. The fourth-order valence-electron chi connectivity index (χ4n) is 3.51. The molecule has 0 aliphatic carbocycles. The van der Waals surface area contributed by atoms with Crippen molar-refractivity contribution in [2.75, 3.05) is 13.2 Å². The van der Waals surface area contributed by atoms with Crippen molar-refractivity contribution in [3.63, 3.8) is 0 Å². The molecule has 0 bridgehead atoms. The number of aryl methyl sites for hydroxylation is 2. The Labute approximate surface area is 178 Å². The lowest BCUT2D eigenvalue weighted by molar-refractivity contribution is -0.149. The van der Waals surface area contributed by atoms with Crippen molar-refractivity contribution in [1.82, 2.24) is 0 Å². The minimum atomic E-state index is -4.38. The first-order chi connectivity index (χ1) is 14.7. The van der Waals surface area contributed by atoms with Crippen LogP contribution in [0.3, 0.4) is 0 Å². The summed E-state index contributed by atoms with van der Waals surface area (Å²) in [4.78, 5) is 12.7. The standard InChI is InChI=1S/C24H25F3O4/c1-3-15-5-8-20(17(4-2)9-15)21-10-18-6-7-19(11-22(18)31-23(21)29)30-14-16(13-28)12-24(25,26)27/h5-11,16,28H,3-4,12-14H2,1-2H3. The molecule has 166 valence electrons. The fourth-order valence-corrected chi connectivity index (χ4v) is 3.51. The van der Waals surface area contributed by atoms with Crippen LogP contribution in [0.1, 0.15) is 31.4 Å². The lowest BCUT2D eigenvalue weighted by Crippen LogP contribution is -2.23. The summed E-state index contributed by atoms with van der Waals surface area (Å²) in [6, 6.07) is 12.6. The highest BCUT2D eigenvalue weighted by atomic mass is 19.4. The van der Waals surface area contributed by atoms with Crippen LogP contribution in [0.25, 0.3) is 22.1 Å². The molecule has 31 heavy (non-hydrogen) atoms. The van der Waals surface area contributed by atoms with E-state index in [1.54, 1.807) is 18.2 Å². The summed E-state index contributed by atoms with van der Waals surface area (Å²) in [5.74, 6) is -0.797. The molecule has 0 spiro atoms. The van der Waals surface area contributed by atoms with Gasteiger partial charge in [-0.05, 0) is 47.7 Å². The minimum Gasteiger partial charge on any atom is -0.493 e. The van der Waals surface area contributed by atoms with Crippen molar-refractivity contribution < 1.29 is 27.4 Å². The Bertz CT molecular complexity index is 1100. The number of hydrogen-bond donors (Lipinski definition) is 1. The molecule has 1 atom stereocenters. The van der Waals surface area contributed by atoms with E-state index in [0.29, 0.717) is 10.9 Å². The largest absolute Gasteiger partial charge is 0.493 e. The van der Waals surface area contributed by atoms with E-state index in [4.69, 9.17) is 14.3 Å². The Morgan fingerprint density at radius 1 is 1.03 bits per heavy atom. The van der Waals surface area contributed by atoms with Gasteiger partial charge in [0, 0.05) is 24.0 Å². The lowest BCUT2D eigenvalue weighted by Gasteiger charge is -2.17. The van der Waals surface area contributed by atoms with Crippen molar-refractivity contribution in [1.29, 1.82) is 0 Å². The normalized spacial score (nSPS) is 12.8. The second-order valence-corrected chi connectivity index (χ2v) is 7.52. The van der Waals surface area contributed by atoms with Gasteiger partial charge in [-0.3, -0.25) is 0 Å². The SMILES string of the molecule is CCc1ccc(-c2cc3ccc(OCC(CO)CC(F)(F)F)cc3oc2=O)c(CC)c1. The number of fused-ring (bicyclic) bond motifs is 1. The number of alkyl halides is 3. The molecule has 0 aliphatic heterocycles. The van der Waals surface area contributed by atoms with Crippen molar-refractivity contribution in [2.24, 2.45) is 5.92 Å². The Morgan fingerprint density at radius 2 is 1.81 bits per heavy atom. The van der Waals surface area contributed by atoms with E-state index in [-0.39, 0.29) is 17.9 Å². The molecular formula is C24H25F3O4. The number of aliphatic hydroxyl groups is 1. The molecular weight excluding hydrogens is 409 g/mol. The molecule has 0 saturated heterocycles. The summed E-state index contributed by atoms with van der Waals surface area (Å²) < 4.78 is 48.5. The topological polar surface area (TPSA) is 59.7 Å².